The first-order valence-corrected chi connectivity index (χ1v) is 5.01. The molecule has 0 radical (unpaired) electrons. The lowest BCUT2D eigenvalue weighted by atomic mass is 10.1. The van der Waals surface area contributed by atoms with E-state index in [0.29, 0.717) is 5.69 Å². The van der Waals surface area contributed by atoms with E-state index in [0.717, 1.165) is 10.0 Å². The summed E-state index contributed by atoms with van der Waals surface area (Å²) in [5, 5.41) is 15.1. The van der Waals surface area contributed by atoms with Gasteiger partial charge in [-0.3, -0.25) is 5.10 Å². The Morgan fingerprint density at radius 1 is 1.33 bits per heavy atom. The third kappa shape index (κ3) is 2.07. The molecular weight excluding hydrogens is 260 g/mol. The maximum Gasteiger partial charge on any atom is 0.353 e. The van der Waals surface area contributed by atoms with Gasteiger partial charge in [0.05, 0.1) is 5.69 Å². The first-order chi connectivity index (χ1) is 7.16. The van der Waals surface area contributed by atoms with Gasteiger partial charge in [-0.2, -0.15) is 5.10 Å². The first kappa shape index (κ1) is 9.92. The molecule has 2 aromatic rings. The summed E-state index contributed by atoms with van der Waals surface area (Å²) in [5.74, 6) is -1.01. The van der Waals surface area contributed by atoms with Gasteiger partial charge in [0.25, 0.3) is 0 Å². The van der Waals surface area contributed by atoms with E-state index in [1.54, 1.807) is 0 Å². The van der Waals surface area contributed by atoms with Crippen molar-refractivity contribution in [2.24, 2.45) is 0 Å². The molecule has 0 atom stereocenters. The van der Waals surface area contributed by atoms with Crippen molar-refractivity contribution >= 4 is 21.9 Å². The van der Waals surface area contributed by atoms with Crippen LogP contribution in [0.2, 0.25) is 0 Å². The maximum absolute atomic E-state index is 10.6. The van der Waals surface area contributed by atoms with Gasteiger partial charge in [0, 0.05) is 10.0 Å². The Morgan fingerprint density at radius 3 is 2.53 bits per heavy atom. The smallest absolute Gasteiger partial charge is 0.353 e. The SMILES string of the molecule is O=C(O)c1cc(-c2ccc(Br)cc2)n[nH]1. The highest BCUT2D eigenvalue weighted by molar-refractivity contribution is 9.10. The lowest BCUT2D eigenvalue weighted by molar-refractivity contribution is 0.0690. The Labute approximate surface area is 94.1 Å². The summed E-state index contributed by atoms with van der Waals surface area (Å²) in [5.41, 5.74) is 1.59. The van der Waals surface area contributed by atoms with E-state index in [2.05, 4.69) is 26.1 Å². The molecule has 2 rings (SSSR count). The van der Waals surface area contributed by atoms with Crippen molar-refractivity contribution in [3.63, 3.8) is 0 Å². The van der Waals surface area contributed by atoms with Crippen LogP contribution in [0.25, 0.3) is 11.3 Å². The molecule has 0 bridgehead atoms. The average molecular weight is 267 g/mol. The molecule has 0 saturated heterocycles. The second-order valence-corrected chi connectivity index (χ2v) is 3.89. The van der Waals surface area contributed by atoms with Crippen LogP contribution in [0.15, 0.2) is 34.8 Å². The largest absolute Gasteiger partial charge is 0.477 e. The third-order valence-electron chi connectivity index (χ3n) is 1.95. The van der Waals surface area contributed by atoms with E-state index in [1.165, 1.54) is 6.07 Å². The number of carbonyl (C=O) groups is 1. The molecule has 0 amide bonds. The van der Waals surface area contributed by atoms with Crippen molar-refractivity contribution < 1.29 is 9.90 Å². The van der Waals surface area contributed by atoms with E-state index >= 15 is 0 Å². The number of halogens is 1. The van der Waals surface area contributed by atoms with Crippen LogP contribution in [-0.4, -0.2) is 21.3 Å². The monoisotopic (exact) mass is 266 g/mol. The number of rotatable bonds is 2. The van der Waals surface area contributed by atoms with E-state index in [4.69, 9.17) is 5.11 Å². The third-order valence-corrected chi connectivity index (χ3v) is 2.48. The van der Waals surface area contributed by atoms with Gasteiger partial charge in [0.15, 0.2) is 0 Å². The molecular formula is C10H7BrN2O2. The van der Waals surface area contributed by atoms with Crippen LogP contribution in [0.1, 0.15) is 10.5 Å². The number of hydrogen-bond donors (Lipinski definition) is 2. The normalized spacial score (nSPS) is 10.2. The summed E-state index contributed by atoms with van der Waals surface area (Å²) >= 11 is 3.32. The first-order valence-electron chi connectivity index (χ1n) is 4.21. The minimum absolute atomic E-state index is 0.0907. The van der Waals surface area contributed by atoms with Crippen molar-refractivity contribution in [1.82, 2.24) is 10.2 Å². The number of aromatic nitrogens is 2. The minimum Gasteiger partial charge on any atom is -0.477 e. The van der Waals surface area contributed by atoms with Crippen molar-refractivity contribution in [1.29, 1.82) is 0 Å². The molecule has 0 aliphatic carbocycles. The fraction of sp³-hybridized carbons (Fsp3) is 0. The molecule has 0 saturated carbocycles. The molecule has 1 heterocycles. The minimum atomic E-state index is -1.01. The lowest BCUT2D eigenvalue weighted by Gasteiger charge is -1.94. The van der Waals surface area contributed by atoms with Crippen LogP contribution >= 0.6 is 15.9 Å². The van der Waals surface area contributed by atoms with Gasteiger partial charge in [0.2, 0.25) is 0 Å². The lowest BCUT2D eigenvalue weighted by Crippen LogP contribution is -1.95. The van der Waals surface area contributed by atoms with Crippen LogP contribution in [0.3, 0.4) is 0 Å². The number of H-pyrrole nitrogens is 1. The molecule has 2 N–H and O–H groups in total. The molecule has 4 nitrogen and oxygen atoms in total. The van der Waals surface area contributed by atoms with Crippen molar-refractivity contribution in [3.05, 3.63) is 40.5 Å². The quantitative estimate of drug-likeness (QED) is 0.878. The summed E-state index contributed by atoms with van der Waals surface area (Å²) < 4.78 is 0.972. The fourth-order valence-corrected chi connectivity index (χ4v) is 1.46. The number of aromatic amines is 1. The summed E-state index contributed by atoms with van der Waals surface area (Å²) in [4.78, 5) is 10.6. The Morgan fingerprint density at radius 2 is 2.00 bits per heavy atom. The van der Waals surface area contributed by atoms with Gasteiger partial charge in [-0.15, -0.1) is 0 Å². The molecule has 76 valence electrons. The van der Waals surface area contributed by atoms with Gasteiger partial charge >= 0.3 is 5.97 Å². The van der Waals surface area contributed by atoms with Crippen LogP contribution in [0.4, 0.5) is 0 Å². The standard InChI is InChI=1S/C10H7BrN2O2/c11-7-3-1-6(2-4-7)8-5-9(10(14)15)13-12-8/h1-5H,(H,12,13)(H,14,15). The number of nitrogens with zero attached hydrogens (tertiary/aromatic N) is 1. The van der Waals surface area contributed by atoms with E-state index in [1.807, 2.05) is 24.3 Å². The van der Waals surface area contributed by atoms with Crippen molar-refractivity contribution in [2.75, 3.05) is 0 Å². The van der Waals surface area contributed by atoms with Crippen molar-refractivity contribution in [3.8, 4) is 11.3 Å². The highest BCUT2D eigenvalue weighted by Crippen LogP contribution is 2.20. The van der Waals surface area contributed by atoms with E-state index < -0.39 is 5.97 Å². The van der Waals surface area contributed by atoms with Crippen LogP contribution in [0.5, 0.6) is 0 Å². The Balaban J connectivity index is 2.37. The highest BCUT2D eigenvalue weighted by atomic mass is 79.9. The highest BCUT2D eigenvalue weighted by Gasteiger charge is 2.08. The number of aromatic carboxylic acids is 1. The summed E-state index contributed by atoms with van der Waals surface area (Å²) in [7, 11) is 0. The Hall–Kier alpha value is -1.62. The molecule has 0 fully saturated rings. The predicted molar refractivity (Wildman–Crippen MR) is 58.7 cm³/mol. The number of hydrogen-bond acceptors (Lipinski definition) is 2. The van der Waals surface area contributed by atoms with Gasteiger partial charge in [-0.25, -0.2) is 4.79 Å². The van der Waals surface area contributed by atoms with E-state index in [9.17, 15) is 4.79 Å². The molecule has 0 aliphatic heterocycles. The molecule has 0 aliphatic rings. The Kier molecular flexibility index (Phi) is 2.55. The number of carboxylic acids is 1. The molecule has 1 aromatic heterocycles. The van der Waals surface area contributed by atoms with Gasteiger partial charge < -0.3 is 5.11 Å². The van der Waals surface area contributed by atoms with Crippen LogP contribution < -0.4 is 0 Å². The van der Waals surface area contributed by atoms with Gasteiger partial charge in [0.1, 0.15) is 5.69 Å². The van der Waals surface area contributed by atoms with Gasteiger partial charge in [-0.1, -0.05) is 28.1 Å². The molecule has 1 aromatic carbocycles. The zero-order valence-corrected chi connectivity index (χ0v) is 9.15. The topological polar surface area (TPSA) is 66.0 Å². The maximum atomic E-state index is 10.6. The zero-order chi connectivity index (χ0) is 10.8. The fourth-order valence-electron chi connectivity index (χ4n) is 1.20. The predicted octanol–water partition coefficient (Wildman–Crippen LogP) is 2.54. The molecule has 0 spiro atoms. The summed E-state index contributed by atoms with van der Waals surface area (Å²) in [6.45, 7) is 0. The van der Waals surface area contributed by atoms with Crippen molar-refractivity contribution in [2.45, 2.75) is 0 Å². The zero-order valence-electron chi connectivity index (χ0n) is 7.57. The second-order valence-electron chi connectivity index (χ2n) is 2.98. The average Bonchev–Trinajstić information content (AvgIpc) is 2.68. The second kappa shape index (κ2) is 3.86. The number of nitrogens with one attached hydrogen (secondary N) is 1. The number of benzene rings is 1. The summed E-state index contributed by atoms with van der Waals surface area (Å²) in [6.07, 6.45) is 0. The van der Waals surface area contributed by atoms with Gasteiger partial charge in [-0.05, 0) is 18.2 Å². The molecule has 15 heavy (non-hydrogen) atoms. The van der Waals surface area contributed by atoms with Crippen LogP contribution in [-0.2, 0) is 0 Å². The number of carboxylic acid groups (broad SMARTS) is 1. The Bertz CT molecular complexity index is 490. The van der Waals surface area contributed by atoms with E-state index in [-0.39, 0.29) is 5.69 Å². The molecule has 0 unspecified atom stereocenters. The molecule has 5 heteroatoms. The summed E-state index contributed by atoms with van der Waals surface area (Å²) in [6, 6.07) is 9.00. The van der Waals surface area contributed by atoms with Crippen LogP contribution in [0, 0.1) is 0 Å².